The minimum Gasteiger partial charge on any atom is -0.368 e. The molecule has 0 aromatic heterocycles. The number of rotatable bonds is 19. The summed E-state index contributed by atoms with van der Waals surface area (Å²) in [6.45, 7) is 8.85. The molecule has 0 aliphatic rings. The molecule has 0 aliphatic heterocycles. The molecule has 2 heteroatoms. The van der Waals surface area contributed by atoms with Crippen LogP contribution < -0.4 is 0 Å². The molecule has 0 rings (SSSR count). The van der Waals surface area contributed by atoms with Crippen LogP contribution in [0.4, 0.5) is 0 Å². The Morgan fingerprint density at radius 1 is 0.577 bits per heavy atom. The average Bonchev–Trinajstić information content (AvgIpc) is 2.62. The van der Waals surface area contributed by atoms with Gasteiger partial charge in [-0.1, -0.05) is 130 Å². The highest BCUT2D eigenvalue weighted by Gasteiger charge is 2.20. The molecule has 158 valence electrons. The lowest BCUT2D eigenvalue weighted by Gasteiger charge is -2.24. The summed E-state index contributed by atoms with van der Waals surface area (Å²) in [6, 6.07) is 0. The zero-order valence-electron chi connectivity index (χ0n) is 18.5. The van der Waals surface area contributed by atoms with Crippen molar-refractivity contribution in [1.29, 1.82) is 0 Å². The maximum atomic E-state index is 9.32. The summed E-state index contributed by atoms with van der Waals surface area (Å²) in [5.41, 5.74) is 0. The van der Waals surface area contributed by atoms with Crippen LogP contribution in [0.3, 0.4) is 0 Å². The number of aliphatic hydroxyl groups excluding tert-OH is 1. The SMILES string of the molecule is CCCCCCCC(C)CCCCCCCCC[C@H](CC)C(C)C(O)O. The van der Waals surface area contributed by atoms with Crippen molar-refractivity contribution in [3.63, 3.8) is 0 Å². The van der Waals surface area contributed by atoms with E-state index in [2.05, 4.69) is 20.8 Å². The van der Waals surface area contributed by atoms with E-state index >= 15 is 0 Å². The molecular formula is C24H50O2. The van der Waals surface area contributed by atoms with Gasteiger partial charge in [0.1, 0.15) is 0 Å². The first-order chi connectivity index (χ1) is 12.5. The number of unbranched alkanes of at least 4 members (excludes halogenated alkanes) is 10. The summed E-state index contributed by atoms with van der Waals surface area (Å²) in [5, 5.41) is 18.6. The normalized spacial score (nSPS) is 15.3. The Morgan fingerprint density at radius 2 is 1.00 bits per heavy atom. The van der Waals surface area contributed by atoms with Crippen LogP contribution in [-0.2, 0) is 0 Å². The minimum atomic E-state index is -1.15. The van der Waals surface area contributed by atoms with Gasteiger partial charge >= 0.3 is 0 Å². The molecule has 0 aromatic carbocycles. The summed E-state index contributed by atoms with van der Waals surface area (Å²) in [7, 11) is 0. The summed E-state index contributed by atoms with van der Waals surface area (Å²) < 4.78 is 0. The van der Waals surface area contributed by atoms with Gasteiger partial charge in [-0.3, -0.25) is 0 Å². The lowest BCUT2D eigenvalue weighted by molar-refractivity contribution is -0.0959. The smallest absolute Gasteiger partial charge is 0.154 e. The molecule has 0 radical (unpaired) electrons. The van der Waals surface area contributed by atoms with Gasteiger partial charge in [-0.25, -0.2) is 0 Å². The van der Waals surface area contributed by atoms with Gasteiger partial charge in [0.25, 0.3) is 0 Å². The van der Waals surface area contributed by atoms with Crippen LogP contribution in [0.25, 0.3) is 0 Å². The Morgan fingerprint density at radius 3 is 1.42 bits per heavy atom. The third-order valence-electron chi connectivity index (χ3n) is 6.31. The predicted octanol–water partition coefficient (Wildman–Crippen LogP) is 7.47. The van der Waals surface area contributed by atoms with Crippen molar-refractivity contribution in [2.45, 2.75) is 137 Å². The van der Waals surface area contributed by atoms with E-state index in [9.17, 15) is 10.2 Å². The molecule has 0 heterocycles. The van der Waals surface area contributed by atoms with Crippen molar-refractivity contribution < 1.29 is 10.2 Å². The Labute approximate surface area is 165 Å². The quantitative estimate of drug-likeness (QED) is 0.183. The van der Waals surface area contributed by atoms with Gasteiger partial charge in [-0.2, -0.15) is 0 Å². The van der Waals surface area contributed by atoms with Crippen LogP contribution in [0.15, 0.2) is 0 Å². The second-order valence-electron chi connectivity index (χ2n) is 8.80. The van der Waals surface area contributed by atoms with Gasteiger partial charge < -0.3 is 10.2 Å². The molecule has 0 saturated heterocycles. The maximum absolute atomic E-state index is 9.32. The largest absolute Gasteiger partial charge is 0.368 e. The van der Waals surface area contributed by atoms with Crippen LogP contribution in [0.2, 0.25) is 0 Å². The van der Waals surface area contributed by atoms with Gasteiger partial charge in [0, 0.05) is 5.92 Å². The summed E-state index contributed by atoms with van der Waals surface area (Å²) >= 11 is 0. The van der Waals surface area contributed by atoms with Gasteiger partial charge in [0.15, 0.2) is 6.29 Å². The van der Waals surface area contributed by atoms with E-state index in [1.165, 1.54) is 89.9 Å². The second-order valence-corrected chi connectivity index (χ2v) is 8.80. The fourth-order valence-corrected chi connectivity index (χ4v) is 4.11. The Kier molecular flexibility index (Phi) is 18.2. The Hall–Kier alpha value is -0.0800. The van der Waals surface area contributed by atoms with Crippen LogP contribution in [0, 0.1) is 17.8 Å². The number of hydrogen-bond donors (Lipinski definition) is 2. The minimum absolute atomic E-state index is 0.00799. The van der Waals surface area contributed by atoms with Crippen LogP contribution in [0.5, 0.6) is 0 Å². The molecule has 2 nitrogen and oxygen atoms in total. The first kappa shape index (κ1) is 25.9. The van der Waals surface area contributed by atoms with Crippen molar-refractivity contribution >= 4 is 0 Å². The molecule has 26 heavy (non-hydrogen) atoms. The van der Waals surface area contributed by atoms with Crippen molar-refractivity contribution in [1.82, 2.24) is 0 Å². The standard InChI is InChI=1S/C24H50O2/c1-5-7-8-12-15-18-21(3)19-16-13-10-9-11-14-17-20-23(6-2)22(4)24(25)26/h21-26H,5-20H2,1-4H3/t21?,22?,23-/m0/s1. The first-order valence-corrected chi connectivity index (χ1v) is 11.9. The summed E-state index contributed by atoms with van der Waals surface area (Å²) in [5.74, 6) is 1.39. The third-order valence-corrected chi connectivity index (χ3v) is 6.31. The van der Waals surface area contributed by atoms with Crippen molar-refractivity contribution in [2.75, 3.05) is 0 Å². The van der Waals surface area contributed by atoms with Crippen LogP contribution >= 0.6 is 0 Å². The molecule has 0 saturated carbocycles. The molecule has 0 bridgehead atoms. The highest BCUT2D eigenvalue weighted by atomic mass is 16.5. The number of aliphatic hydroxyl groups is 2. The molecule has 3 atom stereocenters. The van der Waals surface area contributed by atoms with E-state index in [0.29, 0.717) is 5.92 Å². The Balaban J connectivity index is 3.40. The van der Waals surface area contributed by atoms with Gasteiger partial charge in [-0.15, -0.1) is 0 Å². The van der Waals surface area contributed by atoms with Crippen molar-refractivity contribution in [2.24, 2.45) is 17.8 Å². The van der Waals surface area contributed by atoms with E-state index in [4.69, 9.17) is 0 Å². The first-order valence-electron chi connectivity index (χ1n) is 11.9. The lowest BCUT2D eigenvalue weighted by Crippen LogP contribution is -2.24. The maximum Gasteiger partial charge on any atom is 0.154 e. The van der Waals surface area contributed by atoms with E-state index in [-0.39, 0.29) is 5.92 Å². The predicted molar refractivity (Wildman–Crippen MR) is 115 cm³/mol. The van der Waals surface area contributed by atoms with E-state index in [0.717, 1.165) is 18.8 Å². The molecule has 0 amide bonds. The average molecular weight is 371 g/mol. The Bertz CT molecular complexity index is 277. The van der Waals surface area contributed by atoms with Crippen LogP contribution in [0.1, 0.15) is 130 Å². The van der Waals surface area contributed by atoms with Crippen LogP contribution in [-0.4, -0.2) is 16.5 Å². The monoisotopic (exact) mass is 370 g/mol. The molecule has 0 aliphatic carbocycles. The molecule has 0 fully saturated rings. The molecular weight excluding hydrogens is 320 g/mol. The molecule has 0 spiro atoms. The molecule has 0 aromatic rings. The highest BCUT2D eigenvalue weighted by Crippen LogP contribution is 2.25. The lowest BCUT2D eigenvalue weighted by atomic mass is 9.86. The number of hydrogen-bond acceptors (Lipinski definition) is 2. The fourth-order valence-electron chi connectivity index (χ4n) is 4.11. The van der Waals surface area contributed by atoms with E-state index in [1.54, 1.807) is 0 Å². The highest BCUT2D eigenvalue weighted by molar-refractivity contribution is 4.67. The molecule has 2 unspecified atom stereocenters. The third kappa shape index (κ3) is 15.0. The zero-order chi connectivity index (χ0) is 19.6. The van der Waals surface area contributed by atoms with E-state index in [1.807, 2.05) is 6.92 Å². The second kappa shape index (κ2) is 18.3. The molecule has 2 N–H and O–H groups in total. The van der Waals surface area contributed by atoms with Gasteiger partial charge in [0.2, 0.25) is 0 Å². The fraction of sp³-hybridized carbons (Fsp3) is 1.00. The van der Waals surface area contributed by atoms with Crippen molar-refractivity contribution in [3.05, 3.63) is 0 Å². The van der Waals surface area contributed by atoms with Gasteiger partial charge in [-0.05, 0) is 11.8 Å². The topological polar surface area (TPSA) is 40.5 Å². The van der Waals surface area contributed by atoms with Gasteiger partial charge in [0.05, 0.1) is 0 Å². The van der Waals surface area contributed by atoms with E-state index < -0.39 is 6.29 Å². The summed E-state index contributed by atoms with van der Waals surface area (Å²) in [6.07, 6.45) is 20.5. The van der Waals surface area contributed by atoms with Crippen molar-refractivity contribution in [3.8, 4) is 0 Å². The summed E-state index contributed by atoms with van der Waals surface area (Å²) in [4.78, 5) is 0. The zero-order valence-corrected chi connectivity index (χ0v) is 18.5.